The van der Waals surface area contributed by atoms with Crippen LogP contribution in [0, 0.1) is 0 Å². The molecule has 0 fully saturated rings. The van der Waals surface area contributed by atoms with Crippen LogP contribution in [0.15, 0.2) is 53.2 Å². The van der Waals surface area contributed by atoms with Gasteiger partial charge in [-0.1, -0.05) is 17.3 Å². The highest BCUT2D eigenvalue weighted by Crippen LogP contribution is 2.40. The molecule has 0 amide bonds. The van der Waals surface area contributed by atoms with E-state index in [1.165, 1.54) is 0 Å². The third-order valence-electron chi connectivity index (χ3n) is 5.12. The van der Waals surface area contributed by atoms with E-state index < -0.39 is 29.8 Å². The van der Waals surface area contributed by atoms with Crippen LogP contribution >= 0.6 is 0 Å². The lowest BCUT2D eigenvalue weighted by Gasteiger charge is -2.20. The van der Waals surface area contributed by atoms with Gasteiger partial charge in [0, 0.05) is 34.8 Å². The minimum Gasteiger partial charge on any atom is -0.481 e. The lowest BCUT2D eigenvalue weighted by atomic mass is 10.1. The van der Waals surface area contributed by atoms with Crippen molar-refractivity contribution in [3.05, 3.63) is 54.2 Å². The largest absolute Gasteiger partial charge is 0.481 e. The van der Waals surface area contributed by atoms with Gasteiger partial charge >= 0.3 is 12.4 Å². The molecule has 0 bridgehead atoms. The Morgan fingerprint density at radius 3 is 2.53 bits per heavy atom. The second-order valence-electron chi connectivity index (χ2n) is 7.40. The van der Waals surface area contributed by atoms with E-state index in [4.69, 9.17) is 4.52 Å². The average molecular weight is 485 g/mol. The quantitative estimate of drug-likeness (QED) is 0.355. The minimum atomic E-state index is -4.99. The van der Waals surface area contributed by atoms with Crippen LogP contribution in [0.2, 0.25) is 0 Å². The molecule has 4 aromatic rings. The van der Waals surface area contributed by atoms with Crippen LogP contribution in [0.25, 0.3) is 33.7 Å². The first-order chi connectivity index (χ1) is 16.0. The van der Waals surface area contributed by atoms with Crippen molar-refractivity contribution in [3.8, 4) is 28.6 Å². The zero-order valence-electron chi connectivity index (χ0n) is 17.5. The van der Waals surface area contributed by atoms with Gasteiger partial charge in [0.05, 0.1) is 12.2 Å². The van der Waals surface area contributed by atoms with Crippen molar-refractivity contribution in [1.82, 2.24) is 14.7 Å². The fraction of sp³-hybridized carbons (Fsp3) is 0.273. The van der Waals surface area contributed by atoms with Gasteiger partial charge in [0.1, 0.15) is 5.75 Å². The van der Waals surface area contributed by atoms with Gasteiger partial charge in [-0.05, 0) is 37.3 Å². The molecule has 34 heavy (non-hydrogen) atoms. The second kappa shape index (κ2) is 8.67. The van der Waals surface area contributed by atoms with Gasteiger partial charge in [-0.2, -0.15) is 31.3 Å². The summed E-state index contributed by atoms with van der Waals surface area (Å²) in [5.74, 6) is -1.10. The van der Waals surface area contributed by atoms with Crippen molar-refractivity contribution in [2.45, 2.75) is 31.9 Å². The first-order valence-electron chi connectivity index (χ1n) is 9.97. The topological polar surface area (TPSA) is 73.3 Å². The van der Waals surface area contributed by atoms with Gasteiger partial charge in [0.2, 0.25) is 5.82 Å². The van der Waals surface area contributed by atoms with E-state index in [1.54, 1.807) is 24.4 Å². The molecule has 0 aliphatic heterocycles. The highest BCUT2D eigenvalue weighted by molar-refractivity contribution is 5.93. The van der Waals surface area contributed by atoms with Crippen molar-refractivity contribution in [2.75, 3.05) is 6.61 Å². The molecular formula is C22H17F6N3O3. The maximum absolute atomic E-state index is 13.6. The molecule has 0 radical (unpaired) electrons. The zero-order chi connectivity index (χ0) is 24.7. The molecular weight excluding hydrogens is 468 g/mol. The number of alkyl halides is 6. The first kappa shape index (κ1) is 23.6. The van der Waals surface area contributed by atoms with Gasteiger partial charge < -0.3 is 18.9 Å². The third-order valence-corrected chi connectivity index (χ3v) is 5.12. The number of nitrogens with zero attached hydrogens (tertiary/aromatic N) is 3. The molecule has 0 saturated carbocycles. The summed E-state index contributed by atoms with van der Waals surface area (Å²) in [6.07, 6.45) is -10.5. The molecule has 1 N–H and O–H groups in total. The lowest BCUT2D eigenvalue weighted by Crippen LogP contribution is -2.31. The van der Waals surface area contributed by atoms with Crippen LogP contribution in [0.1, 0.15) is 12.5 Å². The monoisotopic (exact) mass is 485 g/mol. The van der Waals surface area contributed by atoms with Crippen molar-refractivity contribution in [3.63, 3.8) is 0 Å². The summed E-state index contributed by atoms with van der Waals surface area (Å²) in [6, 6.07) is 9.56. The van der Waals surface area contributed by atoms with Crippen LogP contribution in [-0.2, 0) is 12.7 Å². The molecule has 4 rings (SSSR count). The smallest absolute Gasteiger partial charge is 0.425 e. The summed E-state index contributed by atoms with van der Waals surface area (Å²) >= 11 is 0. The standard InChI is InChI=1S/C22H17F6N3O3/c1-12(21(23,24)25)33-18-6-5-13(11-16(18)22(26,27)28)20-29-19(30-34-20)15-3-2-4-17-14(15)7-8-31(17)9-10-32/h2-8,11-12,32H,9-10H2,1H3. The zero-order valence-corrected chi connectivity index (χ0v) is 17.5. The number of hydrogen-bond acceptors (Lipinski definition) is 5. The van der Waals surface area contributed by atoms with E-state index in [9.17, 15) is 31.4 Å². The summed E-state index contributed by atoms with van der Waals surface area (Å²) in [7, 11) is 0. The summed E-state index contributed by atoms with van der Waals surface area (Å²) in [6.45, 7) is 0.919. The van der Waals surface area contributed by atoms with Crippen molar-refractivity contribution >= 4 is 10.9 Å². The number of rotatable bonds is 6. The van der Waals surface area contributed by atoms with E-state index in [1.807, 2.05) is 10.6 Å². The van der Waals surface area contributed by atoms with E-state index in [0.29, 0.717) is 25.1 Å². The fourth-order valence-corrected chi connectivity index (χ4v) is 3.42. The van der Waals surface area contributed by atoms with Gasteiger partial charge in [-0.15, -0.1) is 0 Å². The number of hydrogen-bond donors (Lipinski definition) is 1. The Bertz CT molecular complexity index is 1310. The summed E-state index contributed by atoms with van der Waals surface area (Å²) < 4.78 is 90.5. The number of aliphatic hydroxyl groups is 1. The van der Waals surface area contributed by atoms with Crippen molar-refractivity contribution in [1.29, 1.82) is 0 Å². The fourth-order valence-electron chi connectivity index (χ4n) is 3.42. The Labute approximate surface area is 188 Å². The minimum absolute atomic E-state index is 0.0661. The number of benzene rings is 2. The molecule has 2 aromatic heterocycles. The molecule has 0 saturated heterocycles. The number of fused-ring (bicyclic) bond motifs is 1. The predicted molar refractivity (Wildman–Crippen MR) is 109 cm³/mol. The Kier molecular flexibility index (Phi) is 6.02. The maximum atomic E-state index is 13.6. The number of aromatic nitrogens is 3. The van der Waals surface area contributed by atoms with Crippen LogP contribution in [-0.4, -0.2) is 38.7 Å². The molecule has 0 aliphatic rings. The summed E-state index contributed by atoms with van der Waals surface area (Å²) in [5, 5.41) is 13.8. The van der Waals surface area contributed by atoms with Crippen LogP contribution < -0.4 is 4.74 Å². The number of ether oxygens (including phenoxy) is 1. The summed E-state index contributed by atoms with van der Waals surface area (Å²) in [4.78, 5) is 4.18. The van der Waals surface area contributed by atoms with Crippen LogP contribution in [0.5, 0.6) is 5.75 Å². The second-order valence-corrected chi connectivity index (χ2v) is 7.40. The molecule has 6 nitrogen and oxygen atoms in total. The molecule has 0 spiro atoms. The van der Waals surface area contributed by atoms with E-state index in [2.05, 4.69) is 14.9 Å². The number of halogens is 6. The van der Waals surface area contributed by atoms with Gasteiger partial charge in [0.25, 0.3) is 5.89 Å². The molecule has 1 unspecified atom stereocenters. The van der Waals surface area contributed by atoms with Crippen LogP contribution in [0.3, 0.4) is 0 Å². The van der Waals surface area contributed by atoms with Gasteiger partial charge in [-0.3, -0.25) is 0 Å². The molecule has 1 atom stereocenters. The third kappa shape index (κ3) is 4.58. The Morgan fingerprint density at radius 2 is 1.85 bits per heavy atom. The molecule has 2 heterocycles. The predicted octanol–water partition coefficient (Wildman–Crippen LogP) is 5.70. The molecule has 2 aromatic carbocycles. The Morgan fingerprint density at radius 1 is 1.09 bits per heavy atom. The highest BCUT2D eigenvalue weighted by Gasteiger charge is 2.41. The first-order valence-corrected chi connectivity index (χ1v) is 9.97. The van der Waals surface area contributed by atoms with Crippen LogP contribution in [0.4, 0.5) is 26.3 Å². The van der Waals surface area contributed by atoms with Gasteiger partial charge in [-0.25, -0.2) is 0 Å². The maximum Gasteiger partial charge on any atom is 0.425 e. The normalized spacial score (nSPS) is 13.4. The molecule has 0 aliphatic carbocycles. The van der Waals surface area contributed by atoms with E-state index in [-0.39, 0.29) is 23.9 Å². The number of aliphatic hydroxyl groups excluding tert-OH is 1. The van der Waals surface area contributed by atoms with Crippen molar-refractivity contribution in [2.24, 2.45) is 0 Å². The Balaban J connectivity index is 1.71. The average Bonchev–Trinajstić information content (AvgIpc) is 3.40. The van der Waals surface area contributed by atoms with Gasteiger partial charge in [0.15, 0.2) is 6.10 Å². The Hall–Kier alpha value is -3.54. The van der Waals surface area contributed by atoms with Crippen molar-refractivity contribution < 1.29 is 40.7 Å². The molecule has 12 heteroatoms. The van der Waals surface area contributed by atoms with E-state index in [0.717, 1.165) is 23.0 Å². The lowest BCUT2D eigenvalue weighted by molar-refractivity contribution is -0.191. The SMILES string of the molecule is CC(Oc1ccc(-c2nc(-c3cccc4c3ccn4CCO)no2)cc1C(F)(F)F)C(F)(F)F. The van der Waals surface area contributed by atoms with E-state index >= 15 is 0 Å². The summed E-state index contributed by atoms with van der Waals surface area (Å²) in [5.41, 5.74) is -0.191. The molecule has 180 valence electrons. The highest BCUT2D eigenvalue weighted by atomic mass is 19.4.